The molecule has 0 atom stereocenters. The van der Waals surface area contributed by atoms with Crippen LogP contribution in [0.25, 0.3) is 0 Å². The molecule has 0 unspecified atom stereocenters. The summed E-state index contributed by atoms with van der Waals surface area (Å²) in [7, 11) is 0. The van der Waals surface area contributed by atoms with E-state index in [-0.39, 0.29) is 11.3 Å². The van der Waals surface area contributed by atoms with Gasteiger partial charge in [-0.2, -0.15) is 0 Å². The largest absolute Gasteiger partial charge is 0.356 e. The maximum Gasteiger partial charge on any atom is 0.225 e. The fraction of sp³-hybridized carbons (Fsp3) is 0.889. The number of hydrogen-bond donors (Lipinski definition) is 1. The maximum absolute atomic E-state index is 11.4. The molecule has 0 aromatic rings. The standard InChI is InChI=1S/C9H19NO/c1-6-10-8(11)9(4,5)7(2)3/h7H,6H2,1-5H3,(H,10,11). The fourth-order valence-corrected chi connectivity index (χ4v) is 0.651. The Kier molecular flexibility index (Phi) is 3.56. The van der Waals surface area contributed by atoms with Crippen molar-refractivity contribution in [1.29, 1.82) is 0 Å². The summed E-state index contributed by atoms with van der Waals surface area (Å²) in [5, 5.41) is 2.83. The van der Waals surface area contributed by atoms with E-state index in [1.54, 1.807) is 0 Å². The molecule has 66 valence electrons. The molecule has 0 saturated heterocycles. The van der Waals surface area contributed by atoms with E-state index in [4.69, 9.17) is 0 Å². The predicted octanol–water partition coefficient (Wildman–Crippen LogP) is 1.80. The zero-order valence-corrected chi connectivity index (χ0v) is 8.19. The number of hydrogen-bond acceptors (Lipinski definition) is 1. The third-order valence-electron chi connectivity index (χ3n) is 2.37. The zero-order chi connectivity index (χ0) is 9.07. The van der Waals surface area contributed by atoms with Gasteiger partial charge in [0.1, 0.15) is 0 Å². The highest BCUT2D eigenvalue weighted by Gasteiger charge is 2.30. The number of rotatable bonds is 3. The second-order valence-electron chi connectivity index (χ2n) is 3.74. The maximum atomic E-state index is 11.4. The number of nitrogens with one attached hydrogen (secondary N) is 1. The second-order valence-corrected chi connectivity index (χ2v) is 3.74. The molecule has 0 rings (SSSR count). The molecule has 0 aromatic carbocycles. The van der Waals surface area contributed by atoms with Crippen LogP contribution in [0.1, 0.15) is 34.6 Å². The molecule has 0 aliphatic heterocycles. The molecule has 0 aliphatic carbocycles. The first kappa shape index (κ1) is 10.5. The number of amides is 1. The van der Waals surface area contributed by atoms with Gasteiger partial charge in [-0.25, -0.2) is 0 Å². The van der Waals surface area contributed by atoms with Crippen LogP contribution in [0.3, 0.4) is 0 Å². The number of carbonyl (C=O) groups excluding carboxylic acids is 1. The molecule has 1 amide bonds. The van der Waals surface area contributed by atoms with Crippen molar-refractivity contribution >= 4 is 5.91 Å². The molecule has 0 spiro atoms. The van der Waals surface area contributed by atoms with Crippen LogP contribution < -0.4 is 5.32 Å². The van der Waals surface area contributed by atoms with Gasteiger partial charge in [0.2, 0.25) is 5.91 Å². The van der Waals surface area contributed by atoms with Crippen LogP contribution >= 0.6 is 0 Å². The van der Waals surface area contributed by atoms with Crippen LogP contribution in [0.15, 0.2) is 0 Å². The van der Waals surface area contributed by atoms with E-state index in [0.717, 1.165) is 6.54 Å². The highest BCUT2D eigenvalue weighted by molar-refractivity contribution is 5.81. The molecule has 1 N–H and O–H groups in total. The lowest BCUT2D eigenvalue weighted by atomic mass is 9.80. The van der Waals surface area contributed by atoms with Gasteiger partial charge >= 0.3 is 0 Å². The lowest BCUT2D eigenvalue weighted by Gasteiger charge is -2.27. The van der Waals surface area contributed by atoms with Gasteiger partial charge in [0.25, 0.3) is 0 Å². The van der Waals surface area contributed by atoms with Crippen LogP contribution in [0, 0.1) is 11.3 Å². The van der Waals surface area contributed by atoms with Crippen molar-refractivity contribution in [3.8, 4) is 0 Å². The van der Waals surface area contributed by atoms with Gasteiger partial charge in [0.05, 0.1) is 0 Å². The van der Waals surface area contributed by atoms with Gasteiger partial charge in [-0.3, -0.25) is 4.79 Å². The lowest BCUT2D eigenvalue weighted by molar-refractivity contribution is -0.131. The molecular weight excluding hydrogens is 138 g/mol. The minimum Gasteiger partial charge on any atom is -0.356 e. The highest BCUT2D eigenvalue weighted by atomic mass is 16.2. The quantitative estimate of drug-likeness (QED) is 0.665. The van der Waals surface area contributed by atoms with E-state index in [0.29, 0.717) is 5.92 Å². The molecule has 2 heteroatoms. The van der Waals surface area contributed by atoms with Crippen LogP contribution in [0.5, 0.6) is 0 Å². The van der Waals surface area contributed by atoms with Crippen molar-refractivity contribution < 1.29 is 4.79 Å². The van der Waals surface area contributed by atoms with Crippen molar-refractivity contribution in [2.45, 2.75) is 34.6 Å². The average Bonchev–Trinajstić information content (AvgIpc) is 1.88. The Labute approximate surface area is 69.4 Å². The first-order chi connectivity index (χ1) is 4.92. The predicted molar refractivity (Wildman–Crippen MR) is 47.3 cm³/mol. The van der Waals surface area contributed by atoms with E-state index in [1.807, 2.05) is 20.8 Å². The zero-order valence-electron chi connectivity index (χ0n) is 8.19. The smallest absolute Gasteiger partial charge is 0.225 e. The Hall–Kier alpha value is -0.530. The van der Waals surface area contributed by atoms with Gasteiger partial charge in [-0.15, -0.1) is 0 Å². The third-order valence-corrected chi connectivity index (χ3v) is 2.37. The van der Waals surface area contributed by atoms with Crippen LogP contribution in [-0.2, 0) is 4.79 Å². The van der Waals surface area contributed by atoms with E-state index < -0.39 is 0 Å². The Morgan fingerprint density at radius 3 is 2.18 bits per heavy atom. The summed E-state index contributed by atoms with van der Waals surface area (Å²) in [5.74, 6) is 0.532. The van der Waals surface area contributed by atoms with Crippen molar-refractivity contribution in [1.82, 2.24) is 5.32 Å². The second kappa shape index (κ2) is 3.74. The Morgan fingerprint density at radius 1 is 1.45 bits per heavy atom. The van der Waals surface area contributed by atoms with E-state index in [1.165, 1.54) is 0 Å². The summed E-state index contributed by atoms with van der Waals surface area (Å²) < 4.78 is 0. The van der Waals surface area contributed by atoms with Crippen LogP contribution in [-0.4, -0.2) is 12.5 Å². The normalized spacial score (nSPS) is 11.8. The minimum absolute atomic E-state index is 0.148. The molecule has 0 bridgehead atoms. The van der Waals surface area contributed by atoms with Crippen molar-refractivity contribution in [3.05, 3.63) is 0 Å². The molecule has 0 fully saturated rings. The summed E-state index contributed by atoms with van der Waals surface area (Å²) in [5.41, 5.74) is -0.240. The topological polar surface area (TPSA) is 29.1 Å². The summed E-state index contributed by atoms with van der Waals surface area (Å²) >= 11 is 0. The molecular formula is C9H19NO. The van der Waals surface area contributed by atoms with Gasteiger partial charge in [0.15, 0.2) is 0 Å². The molecule has 0 aliphatic rings. The molecule has 2 nitrogen and oxygen atoms in total. The van der Waals surface area contributed by atoms with Gasteiger partial charge in [0, 0.05) is 12.0 Å². The number of carbonyl (C=O) groups is 1. The van der Waals surface area contributed by atoms with Crippen LogP contribution in [0.2, 0.25) is 0 Å². The van der Waals surface area contributed by atoms with E-state index >= 15 is 0 Å². The van der Waals surface area contributed by atoms with Gasteiger partial charge < -0.3 is 5.32 Å². The third kappa shape index (κ3) is 2.52. The van der Waals surface area contributed by atoms with Crippen molar-refractivity contribution in [3.63, 3.8) is 0 Å². The Balaban J connectivity index is 4.18. The lowest BCUT2D eigenvalue weighted by Crippen LogP contribution is -2.40. The molecule has 11 heavy (non-hydrogen) atoms. The van der Waals surface area contributed by atoms with Gasteiger partial charge in [-0.1, -0.05) is 27.7 Å². The minimum atomic E-state index is -0.240. The first-order valence-electron chi connectivity index (χ1n) is 4.21. The van der Waals surface area contributed by atoms with Gasteiger partial charge in [-0.05, 0) is 12.8 Å². The molecule has 0 saturated carbocycles. The monoisotopic (exact) mass is 157 g/mol. The summed E-state index contributed by atoms with van der Waals surface area (Å²) in [4.78, 5) is 11.4. The summed E-state index contributed by atoms with van der Waals surface area (Å²) in [6.45, 7) is 10.7. The van der Waals surface area contributed by atoms with Crippen LogP contribution in [0.4, 0.5) is 0 Å². The average molecular weight is 157 g/mol. The Bertz CT molecular complexity index is 138. The summed E-state index contributed by atoms with van der Waals surface area (Å²) in [6.07, 6.45) is 0. The van der Waals surface area contributed by atoms with E-state index in [9.17, 15) is 4.79 Å². The molecule has 0 heterocycles. The SMILES string of the molecule is CCNC(=O)C(C)(C)C(C)C. The van der Waals surface area contributed by atoms with Crippen molar-refractivity contribution in [2.75, 3.05) is 6.54 Å². The summed E-state index contributed by atoms with van der Waals surface area (Å²) in [6, 6.07) is 0. The molecule has 0 radical (unpaired) electrons. The first-order valence-corrected chi connectivity index (χ1v) is 4.21. The van der Waals surface area contributed by atoms with Crippen molar-refractivity contribution in [2.24, 2.45) is 11.3 Å². The Morgan fingerprint density at radius 2 is 1.91 bits per heavy atom. The molecule has 0 aromatic heterocycles. The highest BCUT2D eigenvalue weighted by Crippen LogP contribution is 2.25. The van der Waals surface area contributed by atoms with E-state index in [2.05, 4.69) is 19.2 Å². The fourth-order valence-electron chi connectivity index (χ4n) is 0.651.